The van der Waals surface area contributed by atoms with E-state index in [0.29, 0.717) is 6.42 Å². The van der Waals surface area contributed by atoms with Crippen molar-refractivity contribution >= 4 is 29.6 Å². The van der Waals surface area contributed by atoms with Crippen molar-refractivity contribution in [2.75, 3.05) is 45.2 Å². The van der Waals surface area contributed by atoms with Crippen LogP contribution in [0.1, 0.15) is 18.4 Å². The van der Waals surface area contributed by atoms with Crippen LogP contribution in [-0.2, 0) is 0 Å². The van der Waals surface area contributed by atoms with E-state index >= 15 is 0 Å². The van der Waals surface area contributed by atoms with E-state index in [1.807, 2.05) is 13.1 Å². The summed E-state index contributed by atoms with van der Waals surface area (Å²) < 4.78 is 0. The Morgan fingerprint density at radius 2 is 1.93 bits per heavy atom. The van der Waals surface area contributed by atoms with Gasteiger partial charge in [-0.3, -0.25) is 9.98 Å². The fraction of sp³-hybridized carbons (Fsp3) is 0.381. The molecule has 1 aromatic rings. The number of amidine groups is 1. The topological polar surface area (TPSA) is 55.6 Å². The van der Waals surface area contributed by atoms with Crippen molar-refractivity contribution in [1.29, 1.82) is 0 Å². The molecule has 2 heterocycles. The first kappa shape index (κ1) is 19.0. The van der Waals surface area contributed by atoms with E-state index in [9.17, 15) is 0 Å². The minimum atomic E-state index is 0.681. The second-order valence-corrected chi connectivity index (χ2v) is 6.81. The van der Waals surface area contributed by atoms with Gasteiger partial charge in [0, 0.05) is 56.8 Å². The number of hydrogen-bond acceptors (Lipinski definition) is 6. The molecule has 2 aliphatic heterocycles. The van der Waals surface area contributed by atoms with Gasteiger partial charge in [0.25, 0.3) is 0 Å². The maximum Gasteiger partial charge on any atom is 0.108 e. The molecule has 2 aliphatic rings. The Morgan fingerprint density at radius 3 is 2.67 bits per heavy atom. The van der Waals surface area contributed by atoms with E-state index in [1.54, 1.807) is 12.4 Å². The molecule has 3 rings (SSSR count). The Labute approximate surface area is 161 Å². The van der Waals surface area contributed by atoms with Crippen molar-refractivity contribution in [2.45, 2.75) is 12.8 Å². The number of nitrogens with one attached hydrogen (secondary N) is 1. The summed E-state index contributed by atoms with van der Waals surface area (Å²) in [5.74, 6) is 0.908. The average Bonchev–Trinajstić information content (AvgIpc) is 2.92. The highest BCUT2D eigenvalue weighted by Gasteiger charge is 2.15. The van der Waals surface area contributed by atoms with Crippen LogP contribution in [0.5, 0.6) is 0 Å². The molecule has 1 fully saturated rings. The fourth-order valence-electron chi connectivity index (χ4n) is 3.30. The number of anilines is 1. The first-order valence-electron chi connectivity index (χ1n) is 9.38. The number of allylic oxidation sites excluding steroid dienone is 1. The van der Waals surface area contributed by atoms with Gasteiger partial charge in [0.1, 0.15) is 5.84 Å². The van der Waals surface area contributed by atoms with Crippen LogP contribution in [0.25, 0.3) is 5.70 Å². The Bertz CT molecular complexity index is 772. The van der Waals surface area contributed by atoms with Gasteiger partial charge in [-0.2, -0.15) is 0 Å². The summed E-state index contributed by atoms with van der Waals surface area (Å²) in [6.45, 7) is 7.88. The number of benzene rings is 1. The molecule has 0 unspecified atom stereocenters. The summed E-state index contributed by atoms with van der Waals surface area (Å²) in [5.41, 5.74) is 4.24. The molecule has 0 saturated carbocycles. The smallest absolute Gasteiger partial charge is 0.108 e. The Balaban J connectivity index is 1.80. The molecule has 0 bridgehead atoms. The molecule has 6 heteroatoms. The zero-order chi connectivity index (χ0) is 19.1. The predicted octanol–water partition coefficient (Wildman–Crippen LogP) is 2.80. The van der Waals surface area contributed by atoms with Gasteiger partial charge < -0.3 is 15.1 Å². The Hall–Kier alpha value is -2.73. The second-order valence-electron chi connectivity index (χ2n) is 6.81. The van der Waals surface area contributed by atoms with E-state index in [0.717, 1.165) is 42.4 Å². The number of nitrogens with zero attached hydrogens (tertiary/aromatic N) is 5. The van der Waals surface area contributed by atoms with E-state index in [1.165, 1.54) is 18.7 Å². The van der Waals surface area contributed by atoms with Gasteiger partial charge in [0.15, 0.2) is 0 Å². The molecular weight excluding hydrogens is 336 g/mol. The molecule has 0 radical (unpaired) electrons. The first-order valence-corrected chi connectivity index (χ1v) is 9.38. The highest BCUT2D eigenvalue weighted by atomic mass is 15.2. The third-order valence-corrected chi connectivity index (χ3v) is 4.86. The summed E-state index contributed by atoms with van der Waals surface area (Å²) in [6.07, 6.45) is 7.16. The second kappa shape index (κ2) is 9.28. The van der Waals surface area contributed by atoms with Crippen molar-refractivity contribution in [2.24, 2.45) is 15.0 Å². The maximum atomic E-state index is 4.72. The molecule has 27 heavy (non-hydrogen) atoms. The number of likely N-dealkylation sites (N-methyl/N-ethyl adjacent to an activating group) is 1. The van der Waals surface area contributed by atoms with Crippen molar-refractivity contribution in [1.82, 2.24) is 10.2 Å². The molecule has 1 aromatic carbocycles. The van der Waals surface area contributed by atoms with Gasteiger partial charge in [-0.15, -0.1) is 0 Å². The largest absolute Gasteiger partial charge is 0.376 e. The Kier molecular flexibility index (Phi) is 6.54. The van der Waals surface area contributed by atoms with E-state index in [2.05, 4.69) is 63.1 Å². The van der Waals surface area contributed by atoms with Crippen LogP contribution in [-0.4, -0.2) is 63.4 Å². The van der Waals surface area contributed by atoms with Gasteiger partial charge in [-0.05, 0) is 44.9 Å². The van der Waals surface area contributed by atoms with Crippen LogP contribution in [0.2, 0.25) is 0 Å². The molecule has 6 nitrogen and oxygen atoms in total. The monoisotopic (exact) mass is 364 g/mol. The van der Waals surface area contributed by atoms with Crippen LogP contribution in [0.4, 0.5) is 5.69 Å². The summed E-state index contributed by atoms with van der Waals surface area (Å²) >= 11 is 0. The molecule has 0 atom stereocenters. The lowest BCUT2D eigenvalue weighted by Gasteiger charge is -2.23. The zero-order valence-electron chi connectivity index (χ0n) is 16.2. The number of rotatable bonds is 4. The van der Waals surface area contributed by atoms with Gasteiger partial charge in [-0.1, -0.05) is 12.1 Å². The molecular formula is C21H28N6. The van der Waals surface area contributed by atoms with Crippen molar-refractivity contribution in [3.8, 4) is 0 Å². The lowest BCUT2D eigenvalue weighted by Crippen LogP contribution is -2.28. The normalized spacial score (nSPS) is 20.4. The van der Waals surface area contributed by atoms with Gasteiger partial charge >= 0.3 is 0 Å². The average molecular weight is 364 g/mol. The fourth-order valence-corrected chi connectivity index (χ4v) is 3.30. The van der Waals surface area contributed by atoms with Crippen molar-refractivity contribution in [3.05, 3.63) is 48.3 Å². The molecule has 142 valence electrons. The third-order valence-electron chi connectivity index (χ3n) is 4.86. The Morgan fingerprint density at radius 1 is 1.11 bits per heavy atom. The highest BCUT2D eigenvalue weighted by molar-refractivity contribution is 6.15. The van der Waals surface area contributed by atoms with Gasteiger partial charge in [0.05, 0.1) is 11.4 Å². The van der Waals surface area contributed by atoms with Crippen molar-refractivity contribution in [3.63, 3.8) is 0 Å². The molecule has 0 spiro atoms. The van der Waals surface area contributed by atoms with Gasteiger partial charge in [0.2, 0.25) is 0 Å². The summed E-state index contributed by atoms with van der Waals surface area (Å²) in [6, 6.07) is 8.69. The molecule has 1 saturated heterocycles. The zero-order valence-corrected chi connectivity index (χ0v) is 16.2. The van der Waals surface area contributed by atoms with E-state index in [4.69, 9.17) is 4.99 Å². The maximum absolute atomic E-state index is 4.72. The van der Waals surface area contributed by atoms with Crippen LogP contribution in [0.3, 0.4) is 0 Å². The minimum absolute atomic E-state index is 0.681. The molecule has 0 amide bonds. The lowest BCUT2D eigenvalue weighted by atomic mass is 10.1. The quantitative estimate of drug-likeness (QED) is 0.836. The predicted molar refractivity (Wildman–Crippen MR) is 116 cm³/mol. The van der Waals surface area contributed by atoms with Crippen LogP contribution >= 0.6 is 0 Å². The van der Waals surface area contributed by atoms with Crippen LogP contribution in [0, 0.1) is 0 Å². The van der Waals surface area contributed by atoms with E-state index < -0.39 is 0 Å². The highest BCUT2D eigenvalue weighted by Crippen LogP contribution is 2.24. The minimum Gasteiger partial charge on any atom is -0.376 e. The van der Waals surface area contributed by atoms with Gasteiger partial charge in [-0.25, -0.2) is 4.99 Å². The molecule has 0 aliphatic carbocycles. The molecule has 1 N–H and O–H groups in total. The standard InChI is InChI=1S/C21H28N6/c1-22-9-10-24-18-15-20(25-21(16-18)23-2)17-5-7-19(8-6-17)27-12-4-11-26(3)13-14-27/h5-10,15H,1,4,11-14,16H2,2-3H3,(H,23,25)/b10-9-,24-18-. The first-order chi connectivity index (χ1) is 13.2. The lowest BCUT2D eigenvalue weighted by molar-refractivity contribution is 0.360. The summed E-state index contributed by atoms with van der Waals surface area (Å²) in [7, 11) is 4.08. The summed E-state index contributed by atoms with van der Waals surface area (Å²) in [5, 5.41) is 3.15. The van der Waals surface area contributed by atoms with Crippen LogP contribution in [0.15, 0.2) is 57.7 Å². The van der Waals surface area contributed by atoms with Crippen molar-refractivity contribution < 1.29 is 0 Å². The third kappa shape index (κ3) is 5.14. The SMILES string of the molecule is C=N/C=C\N=C1\C=C(c2ccc(N3CCCN(C)CC3)cc2)N=C(NC)C1. The number of aliphatic imine (C=N–C) groups is 3. The molecule has 0 aromatic heterocycles. The number of hydrogen-bond donors (Lipinski definition) is 1. The van der Waals surface area contributed by atoms with Crippen LogP contribution < -0.4 is 10.2 Å². The van der Waals surface area contributed by atoms with E-state index in [-0.39, 0.29) is 0 Å². The summed E-state index contributed by atoms with van der Waals surface area (Å²) in [4.78, 5) is 17.7.